The van der Waals surface area contributed by atoms with E-state index in [4.69, 9.17) is 5.73 Å². The number of nitrogens with zero attached hydrogens (tertiary/aromatic N) is 2. The van der Waals surface area contributed by atoms with E-state index in [1.54, 1.807) is 0 Å². The van der Waals surface area contributed by atoms with E-state index in [1.807, 2.05) is 0 Å². The highest BCUT2D eigenvalue weighted by Gasteiger charge is 2.20. The van der Waals surface area contributed by atoms with Crippen LogP contribution in [-0.2, 0) is 0 Å². The summed E-state index contributed by atoms with van der Waals surface area (Å²) in [6, 6.07) is 0.893. The molecule has 0 atom stereocenters. The van der Waals surface area contributed by atoms with Crippen molar-refractivity contribution in [2.45, 2.75) is 13.3 Å². The van der Waals surface area contributed by atoms with Crippen LogP contribution in [0, 0.1) is 17.0 Å². The Morgan fingerprint density at radius 3 is 2.64 bits per heavy atom. The summed E-state index contributed by atoms with van der Waals surface area (Å²) in [5, 5.41) is 10.4. The normalized spacial score (nSPS) is 10.6. The van der Waals surface area contributed by atoms with E-state index in [2.05, 4.69) is 4.98 Å². The summed E-state index contributed by atoms with van der Waals surface area (Å²) in [6.07, 6.45) is -2.82. The lowest BCUT2D eigenvalue weighted by atomic mass is 10.2. The van der Waals surface area contributed by atoms with Gasteiger partial charge in [0, 0.05) is 6.07 Å². The lowest BCUT2D eigenvalue weighted by molar-refractivity contribution is -0.385. The van der Waals surface area contributed by atoms with E-state index in [1.165, 1.54) is 6.92 Å². The van der Waals surface area contributed by atoms with Crippen molar-refractivity contribution in [3.05, 3.63) is 27.6 Å². The molecule has 14 heavy (non-hydrogen) atoms. The summed E-state index contributed by atoms with van der Waals surface area (Å²) in [6.45, 7) is 1.28. The van der Waals surface area contributed by atoms with Crippen molar-refractivity contribution < 1.29 is 13.7 Å². The molecule has 0 saturated carbocycles. The molecule has 1 aromatic rings. The summed E-state index contributed by atoms with van der Waals surface area (Å²) >= 11 is 0. The molecule has 0 amide bonds. The predicted octanol–water partition coefficient (Wildman–Crippen LogP) is 1.82. The van der Waals surface area contributed by atoms with E-state index in [9.17, 15) is 18.9 Å². The van der Waals surface area contributed by atoms with Crippen molar-refractivity contribution in [1.29, 1.82) is 0 Å². The van der Waals surface area contributed by atoms with Crippen LogP contribution in [0.25, 0.3) is 0 Å². The number of pyridine rings is 1. The van der Waals surface area contributed by atoms with Gasteiger partial charge in [0.05, 0.1) is 10.6 Å². The second-order valence-corrected chi connectivity index (χ2v) is 2.63. The van der Waals surface area contributed by atoms with Crippen LogP contribution in [0.15, 0.2) is 6.07 Å². The molecule has 0 radical (unpaired) electrons. The average Bonchev–Trinajstić information content (AvgIpc) is 2.07. The van der Waals surface area contributed by atoms with Gasteiger partial charge in [-0.05, 0) is 6.92 Å². The molecule has 0 aliphatic carbocycles. The maximum absolute atomic E-state index is 12.2. The van der Waals surface area contributed by atoms with Crippen LogP contribution in [-0.4, -0.2) is 9.91 Å². The van der Waals surface area contributed by atoms with Crippen molar-refractivity contribution >= 4 is 11.4 Å². The molecule has 0 aliphatic rings. The number of halogens is 2. The summed E-state index contributed by atoms with van der Waals surface area (Å²) in [5.41, 5.74) is 3.78. The number of nitrogens with two attached hydrogens (primary N) is 1. The highest BCUT2D eigenvalue weighted by Crippen LogP contribution is 2.27. The van der Waals surface area contributed by atoms with Crippen molar-refractivity contribution in [1.82, 2.24) is 4.98 Å². The third-order valence-electron chi connectivity index (χ3n) is 1.65. The first-order valence-corrected chi connectivity index (χ1v) is 3.63. The molecule has 1 rings (SSSR count). The van der Waals surface area contributed by atoms with Crippen LogP contribution in [0.5, 0.6) is 0 Å². The SMILES string of the molecule is Cc1nc(C(F)F)c(N)cc1[N+](=O)[O-]. The van der Waals surface area contributed by atoms with Gasteiger partial charge in [0.2, 0.25) is 0 Å². The number of hydrogen-bond donors (Lipinski definition) is 1. The Balaban J connectivity index is 3.31. The van der Waals surface area contributed by atoms with E-state index >= 15 is 0 Å². The molecule has 0 aromatic carbocycles. The molecule has 0 aliphatic heterocycles. The zero-order valence-electron chi connectivity index (χ0n) is 7.20. The molecule has 76 valence electrons. The average molecular weight is 203 g/mol. The van der Waals surface area contributed by atoms with E-state index in [0.29, 0.717) is 0 Å². The first kappa shape index (κ1) is 10.3. The lowest BCUT2D eigenvalue weighted by Gasteiger charge is -2.04. The smallest absolute Gasteiger partial charge is 0.292 e. The van der Waals surface area contributed by atoms with Gasteiger partial charge in [0.1, 0.15) is 11.4 Å². The molecule has 7 heteroatoms. The van der Waals surface area contributed by atoms with Gasteiger partial charge in [-0.15, -0.1) is 0 Å². The zero-order chi connectivity index (χ0) is 10.9. The number of nitro groups is 1. The van der Waals surface area contributed by atoms with Crippen molar-refractivity contribution in [2.24, 2.45) is 0 Å². The number of aryl methyl sites for hydroxylation is 1. The molecule has 0 fully saturated rings. The van der Waals surface area contributed by atoms with Gasteiger partial charge in [-0.1, -0.05) is 0 Å². The fourth-order valence-electron chi connectivity index (χ4n) is 0.988. The summed E-state index contributed by atoms with van der Waals surface area (Å²) in [7, 11) is 0. The number of hydrogen-bond acceptors (Lipinski definition) is 4. The third-order valence-corrected chi connectivity index (χ3v) is 1.65. The molecule has 0 bridgehead atoms. The number of nitrogen functional groups attached to an aromatic ring is 1. The van der Waals surface area contributed by atoms with E-state index in [0.717, 1.165) is 6.07 Å². The predicted molar refractivity (Wildman–Crippen MR) is 45.0 cm³/mol. The fraction of sp³-hybridized carbons (Fsp3) is 0.286. The first-order valence-electron chi connectivity index (χ1n) is 3.63. The van der Waals surface area contributed by atoms with Gasteiger partial charge in [-0.25, -0.2) is 13.8 Å². The maximum Gasteiger partial charge on any atom is 0.292 e. The number of rotatable bonds is 2. The van der Waals surface area contributed by atoms with Crippen LogP contribution in [0.2, 0.25) is 0 Å². The summed E-state index contributed by atoms with van der Waals surface area (Å²) in [4.78, 5) is 13.0. The Morgan fingerprint density at radius 2 is 2.21 bits per heavy atom. The lowest BCUT2D eigenvalue weighted by Crippen LogP contribution is -2.03. The van der Waals surface area contributed by atoms with Crippen molar-refractivity contribution in [3.8, 4) is 0 Å². The van der Waals surface area contributed by atoms with E-state index < -0.39 is 17.0 Å². The molecule has 5 nitrogen and oxygen atoms in total. The fourth-order valence-corrected chi connectivity index (χ4v) is 0.988. The van der Waals surface area contributed by atoms with Crippen LogP contribution in [0.1, 0.15) is 17.8 Å². The Labute approximate surface area is 77.7 Å². The Bertz CT molecular complexity index is 381. The Hall–Kier alpha value is -1.79. The van der Waals surface area contributed by atoms with Gasteiger partial charge < -0.3 is 5.73 Å². The van der Waals surface area contributed by atoms with Gasteiger partial charge in [0.15, 0.2) is 0 Å². The molecule has 2 N–H and O–H groups in total. The molecular formula is C7H7F2N3O2. The highest BCUT2D eigenvalue weighted by atomic mass is 19.3. The molecule has 0 spiro atoms. The third kappa shape index (κ3) is 1.76. The second-order valence-electron chi connectivity index (χ2n) is 2.63. The number of alkyl halides is 2. The molecule has 0 saturated heterocycles. The number of anilines is 1. The minimum atomic E-state index is -2.82. The van der Waals surface area contributed by atoms with Gasteiger partial charge in [-0.3, -0.25) is 10.1 Å². The van der Waals surface area contributed by atoms with Crippen LogP contribution in [0.4, 0.5) is 20.2 Å². The monoisotopic (exact) mass is 203 g/mol. The first-order chi connectivity index (χ1) is 6.43. The zero-order valence-corrected chi connectivity index (χ0v) is 7.20. The maximum atomic E-state index is 12.2. The van der Waals surface area contributed by atoms with Crippen LogP contribution >= 0.6 is 0 Å². The highest BCUT2D eigenvalue weighted by molar-refractivity contribution is 5.53. The second kappa shape index (κ2) is 3.52. The Kier molecular flexibility index (Phi) is 2.59. The van der Waals surface area contributed by atoms with Crippen LogP contribution < -0.4 is 5.73 Å². The van der Waals surface area contributed by atoms with Gasteiger partial charge in [-0.2, -0.15) is 0 Å². The largest absolute Gasteiger partial charge is 0.397 e. The van der Waals surface area contributed by atoms with Crippen molar-refractivity contribution in [2.75, 3.05) is 5.73 Å². The quantitative estimate of drug-likeness (QED) is 0.587. The molecule has 1 aromatic heterocycles. The standard InChI is InChI=1S/C7H7F2N3O2/c1-3-5(12(13)14)2-4(10)6(11-3)7(8)9/h2,7H,10H2,1H3. The van der Waals surface area contributed by atoms with E-state index in [-0.39, 0.29) is 17.1 Å². The molecule has 0 unspecified atom stereocenters. The molecule has 1 heterocycles. The number of aromatic nitrogens is 1. The van der Waals surface area contributed by atoms with Gasteiger partial charge >= 0.3 is 0 Å². The summed E-state index contributed by atoms with van der Waals surface area (Å²) in [5.74, 6) is 0. The minimum absolute atomic E-state index is 0.0699. The van der Waals surface area contributed by atoms with Gasteiger partial charge in [0.25, 0.3) is 12.1 Å². The topological polar surface area (TPSA) is 82.0 Å². The van der Waals surface area contributed by atoms with Crippen molar-refractivity contribution in [3.63, 3.8) is 0 Å². The Morgan fingerprint density at radius 1 is 1.64 bits per heavy atom. The summed E-state index contributed by atoms with van der Waals surface area (Å²) < 4.78 is 24.5. The molecular weight excluding hydrogens is 196 g/mol. The van der Waals surface area contributed by atoms with Crippen LogP contribution in [0.3, 0.4) is 0 Å². The minimum Gasteiger partial charge on any atom is -0.397 e.